The lowest BCUT2D eigenvalue weighted by Gasteiger charge is -2.09. The van der Waals surface area contributed by atoms with Crippen molar-refractivity contribution in [3.05, 3.63) is 40.4 Å². The Kier molecular flexibility index (Phi) is 6.06. The van der Waals surface area contributed by atoms with Gasteiger partial charge in [0.2, 0.25) is 15.9 Å². The first-order valence-electron chi connectivity index (χ1n) is 8.81. The minimum Gasteiger partial charge on any atom is -0.349 e. The van der Waals surface area contributed by atoms with Gasteiger partial charge in [0.15, 0.2) is 16.4 Å². The zero-order valence-corrected chi connectivity index (χ0v) is 16.9. The molecule has 0 saturated heterocycles. The van der Waals surface area contributed by atoms with Gasteiger partial charge in [0.25, 0.3) is 0 Å². The van der Waals surface area contributed by atoms with Crippen molar-refractivity contribution >= 4 is 33.9 Å². The lowest BCUT2D eigenvalue weighted by molar-refractivity contribution is -0.121. The molecule has 1 aliphatic carbocycles. The van der Waals surface area contributed by atoms with Crippen molar-refractivity contribution in [1.82, 2.24) is 24.8 Å². The molecule has 3 N–H and O–H groups in total. The van der Waals surface area contributed by atoms with Crippen molar-refractivity contribution < 1.29 is 18.0 Å². The third-order valence-electron chi connectivity index (χ3n) is 4.35. The largest absolute Gasteiger partial charge is 0.349 e. The summed E-state index contributed by atoms with van der Waals surface area (Å²) in [5.41, 5.74) is 0.433. The maximum atomic E-state index is 12.2. The van der Waals surface area contributed by atoms with E-state index in [1.165, 1.54) is 31.2 Å². The molecule has 1 aromatic carbocycles. The van der Waals surface area contributed by atoms with Gasteiger partial charge in [-0.3, -0.25) is 19.3 Å². The van der Waals surface area contributed by atoms with Gasteiger partial charge < -0.3 is 5.32 Å². The molecular weight excluding hydrogens is 402 g/mol. The predicted octanol–water partition coefficient (Wildman–Crippen LogP) is 1.46. The number of ketones is 1. The summed E-state index contributed by atoms with van der Waals surface area (Å²) in [4.78, 5) is 23.3. The fourth-order valence-electron chi connectivity index (χ4n) is 2.69. The quantitative estimate of drug-likeness (QED) is 0.414. The Morgan fingerprint density at radius 3 is 2.57 bits per heavy atom. The molecule has 0 radical (unpaired) electrons. The molecule has 3 rings (SSSR count). The van der Waals surface area contributed by atoms with Crippen LogP contribution in [0.15, 0.2) is 29.2 Å². The van der Waals surface area contributed by atoms with Crippen LogP contribution in [0, 0.1) is 4.77 Å². The van der Waals surface area contributed by atoms with E-state index in [9.17, 15) is 18.0 Å². The number of hydrogen-bond acceptors (Lipinski definition) is 6. The molecule has 0 aliphatic heterocycles. The van der Waals surface area contributed by atoms with Crippen LogP contribution in [0.25, 0.3) is 0 Å². The van der Waals surface area contributed by atoms with Gasteiger partial charge in [-0.1, -0.05) is 12.1 Å². The molecule has 1 aromatic heterocycles. The molecule has 1 aliphatic rings. The van der Waals surface area contributed by atoms with Crippen molar-refractivity contribution in [2.24, 2.45) is 0 Å². The van der Waals surface area contributed by atoms with Crippen LogP contribution in [-0.4, -0.2) is 41.4 Å². The standard InChI is InChI=1S/C17H21N5O4S2/c1-11(23)12-2-6-14(7-3-12)28(25,26)19-9-8-16(24)18-10-15-20-21-17(27)22(15)13-4-5-13/h2-3,6-7,13,19H,4-5,8-10H2,1H3,(H,18,24)(H,21,27). The first-order chi connectivity index (χ1) is 13.3. The summed E-state index contributed by atoms with van der Waals surface area (Å²) in [6.07, 6.45) is 2.08. The van der Waals surface area contributed by atoms with Crippen LogP contribution >= 0.6 is 12.2 Å². The number of Topliss-reactive ketones (excluding diaryl/α,β-unsaturated/α-hetero) is 1. The van der Waals surface area contributed by atoms with Crippen LogP contribution in [0.4, 0.5) is 0 Å². The summed E-state index contributed by atoms with van der Waals surface area (Å²) in [6, 6.07) is 5.98. The van der Waals surface area contributed by atoms with E-state index in [0.717, 1.165) is 12.8 Å². The highest BCUT2D eigenvalue weighted by Crippen LogP contribution is 2.35. The number of carbonyl (C=O) groups excluding carboxylic acids is 2. The number of benzene rings is 1. The van der Waals surface area contributed by atoms with Crippen LogP contribution in [-0.2, 0) is 21.4 Å². The van der Waals surface area contributed by atoms with Gasteiger partial charge in [-0.05, 0) is 44.1 Å². The Labute approximate surface area is 167 Å². The number of nitrogens with zero attached hydrogens (tertiary/aromatic N) is 2. The van der Waals surface area contributed by atoms with Gasteiger partial charge in [0.05, 0.1) is 11.4 Å². The van der Waals surface area contributed by atoms with E-state index < -0.39 is 10.0 Å². The third-order valence-corrected chi connectivity index (χ3v) is 6.11. The molecule has 1 fully saturated rings. The first kappa shape index (κ1) is 20.4. The molecule has 9 nitrogen and oxygen atoms in total. The first-order valence-corrected chi connectivity index (χ1v) is 10.7. The van der Waals surface area contributed by atoms with Gasteiger partial charge in [0, 0.05) is 24.6 Å². The Morgan fingerprint density at radius 2 is 1.96 bits per heavy atom. The number of sulfonamides is 1. The Bertz CT molecular complexity index is 1040. The highest BCUT2D eigenvalue weighted by molar-refractivity contribution is 7.89. The molecule has 0 unspecified atom stereocenters. The second-order valence-corrected chi connectivity index (χ2v) is 8.70. The fraction of sp³-hybridized carbons (Fsp3) is 0.412. The molecule has 0 bridgehead atoms. The Balaban J connectivity index is 1.48. The van der Waals surface area contributed by atoms with E-state index in [1.54, 1.807) is 0 Å². The van der Waals surface area contributed by atoms with Crippen LogP contribution in [0.2, 0.25) is 0 Å². The van der Waals surface area contributed by atoms with Crippen molar-refractivity contribution in [3.8, 4) is 0 Å². The minimum atomic E-state index is -3.75. The van der Waals surface area contributed by atoms with Gasteiger partial charge in [0.1, 0.15) is 0 Å². The zero-order valence-electron chi connectivity index (χ0n) is 15.3. The normalized spacial score (nSPS) is 14.0. The second kappa shape index (κ2) is 8.33. The van der Waals surface area contributed by atoms with Gasteiger partial charge >= 0.3 is 0 Å². The fourth-order valence-corrected chi connectivity index (χ4v) is 4.02. The lowest BCUT2D eigenvalue weighted by atomic mass is 10.2. The van der Waals surface area contributed by atoms with Crippen molar-refractivity contribution in [2.75, 3.05) is 6.54 Å². The molecule has 11 heteroatoms. The number of rotatable bonds is 9. The van der Waals surface area contributed by atoms with Crippen molar-refractivity contribution in [3.63, 3.8) is 0 Å². The second-order valence-electron chi connectivity index (χ2n) is 6.55. The lowest BCUT2D eigenvalue weighted by Crippen LogP contribution is -2.31. The van der Waals surface area contributed by atoms with E-state index in [4.69, 9.17) is 12.2 Å². The molecule has 0 atom stereocenters. The predicted molar refractivity (Wildman–Crippen MR) is 104 cm³/mol. The van der Waals surface area contributed by atoms with Crippen LogP contribution in [0.1, 0.15) is 48.4 Å². The number of aromatic amines is 1. The van der Waals surface area contributed by atoms with E-state index in [-0.39, 0.29) is 36.1 Å². The highest BCUT2D eigenvalue weighted by Gasteiger charge is 2.27. The molecule has 1 saturated carbocycles. The molecule has 1 heterocycles. The Hall–Kier alpha value is -2.37. The van der Waals surface area contributed by atoms with Gasteiger partial charge in [-0.25, -0.2) is 13.1 Å². The van der Waals surface area contributed by atoms with Gasteiger partial charge in [-0.15, -0.1) is 0 Å². The molecule has 28 heavy (non-hydrogen) atoms. The number of H-pyrrole nitrogens is 1. The maximum absolute atomic E-state index is 12.2. The van der Waals surface area contributed by atoms with E-state index in [0.29, 0.717) is 22.2 Å². The molecule has 2 aromatic rings. The number of aromatic nitrogens is 3. The summed E-state index contributed by atoms with van der Waals surface area (Å²) >= 11 is 5.19. The number of carbonyl (C=O) groups is 2. The summed E-state index contributed by atoms with van der Waals surface area (Å²) in [5, 5.41) is 9.57. The summed E-state index contributed by atoms with van der Waals surface area (Å²) in [5.74, 6) is 0.217. The van der Waals surface area contributed by atoms with Crippen LogP contribution < -0.4 is 10.0 Å². The van der Waals surface area contributed by atoms with Crippen molar-refractivity contribution in [1.29, 1.82) is 0 Å². The van der Waals surface area contributed by atoms with E-state index in [1.807, 2.05) is 4.57 Å². The van der Waals surface area contributed by atoms with Crippen LogP contribution in [0.3, 0.4) is 0 Å². The monoisotopic (exact) mass is 423 g/mol. The average molecular weight is 424 g/mol. The van der Waals surface area contributed by atoms with E-state index >= 15 is 0 Å². The minimum absolute atomic E-state index is 0.0145. The van der Waals surface area contributed by atoms with Gasteiger partial charge in [-0.2, -0.15) is 5.10 Å². The maximum Gasteiger partial charge on any atom is 0.240 e. The summed E-state index contributed by atoms with van der Waals surface area (Å²) in [6.45, 7) is 1.59. The zero-order chi connectivity index (χ0) is 20.3. The smallest absolute Gasteiger partial charge is 0.240 e. The SMILES string of the molecule is CC(=O)c1ccc(S(=O)(=O)NCCC(=O)NCc2n[nH]c(=S)n2C2CC2)cc1. The Morgan fingerprint density at radius 1 is 1.29 bits per heavy atom. The third kappa shape index (κ3) is 4.91. The highest BCUT2D eigenvalue weighted by atomic mass is 32.2. The number of hydrogen-bond donors (Lipinski definition) is 3. The molecular formula is C17H21N5O4S2. The average Bonchev–Trinajstić information content (AvgIpc) is 3.42. The van der Waals surface area contributed by atoms with E-state index in [2.05, 4.69) is 20.2 Å². The topological polar surface area (TPSA) is 126 Å². The summed E-state index contributed by atoms with van der Waals surface area (Å²) in [7, 11) is -3.75. The number of nitrogens with one attached hydrogen (secondary N) is 3. The molecule has 0 spiro atoms. The van der Waals surface area contributed by atoms with Crippen molar-refractivity contribution in [2.45, 2.75) is 43.7 Å². The summed E-state index contributed by atoms with van der Waals surface area (Å²) < 4.78 is 29.3. The molecule has 150 valence electrons. The molecule has 1 amide bonds. The number of amides is 1. The van der Waals surface area contributed by atoms with Crippen LogP contribution in [0.5, 0.6) is 0 Å².